The zero-order valence-electron chi connectivity index (χ0n) is 14.1. The number of benzene rings is 1. The molecule has 1 fully saturated rings. The number of aromatic nitrogens is 4. The molecule has 0 aliphatic carbocycles. The quantitative estimate of drug-likeness (QED) is 0.742. The van der Waals surface area contributed by atoms with Crippen LogP contribution in [0.3, 0.4) is 0 Å². The van der Waals surface area contributed by atoms with E-state index in [2.05, 4.69) is 64.2 Å². The van der Waals surface area contributed by atoms with Crippen molar-refractivity contribution in [3.05, 3.63) is 48.3 Å². The molecule has 0 spiro atoms. The van der Waals surface area contributed by atoms with Gasteiger partial charge in [-0.25, -0.2) is 0 Å². The van der Waals surface area contributed by atoms with Gasteiger partial charge < -0.3 is 9.80 Å². The lowest BCUT2D eigenvalue weighted by atomic mass is 10.2. The third-order valence-electron chi connectivity index (χ3n) is 4.51. The van der Waals surface area contributed by atoms with Gasteiger partial charge in [-0.3, -0.25) is 0 Å². The minimum absolute atomic E-state index is 0.303. The highest BCUT2D eigenvalue weighted by Gasteiger charge is 2.19. The van der Waals surface area contributed by atoms with Crippen LogP contribution in [0.15, 0.2) is 42.5 Å². The second-order valence-electron chi connectivity index (χ2n) is 6.48. The van der Waals surface area contributed by atoms with Crippen molar-refractivity contribution in [3.8, 4) is 0 Å². The fourth-order valence-corrected chi connectivity index (χ4v) is 3.16. The molecule has 4 rings (SSSR count). The molecule has 0 atom stereocenters. The summed E-state index contributed by atoms with van der Waals surface area (Å²) in [5.41, 5.74) is 2.10. The number of nitrogens with zero attached hydrogens (tertiary/aromatic N) is 6. The van der Waals surface area contributed by atoms with Crippen molar-refractivity contribution in [3.63, 3.8) is 0 Å². The molecule has 0 bridgehead atoms. The van der Waals surface area contributed by atoms with E-state index < -0.39 is 0 Å². The van der Waals surface area contributed by atoms with Crippen LogP contribution in [-0.2, 0) is 0 Å². The van der Waals surface area contributed by atoms with Gasteiger partial charge in [-0.2, -0.15) is 4.52 Å². The lowest BCUT2D eigenvalue weighted by molar-refractivity contribution is 0.636. The molecule has 24 heavy (non-hydrogen) atoms. The van der Waals surface area contributed by atoms with E-state index in [1.165, 1.54) is 5.69 Å². The van der Waals surface area contributed by atoms with Crippen LogP contribution in [0.4, 0.5) is 11.5 Å². The Labute approximate surface area is 141 Å². The summed E-state index contributed by atoms with van der Waals surface area (Å²) < 4.78 is 1.88. The van der Waals surface area contributed by atoms with E-state index in [-0.39, 0.29) is 0 Å². The Morgan fingerprint density at radius 2 is 1.54 bits per heavy atom. The normalized spacial score (nSPS) is 15.5. The van der Waals surface area contributed by atoms with E-state index in [4.69, 9.17) is 5.10 Å². The molecular formula is C18H22N6. The average Bonchev–Trinajstić information content (AvgIpc) is 3.06. The van der Waals surface area contributed by atoms with Crippen LogP contribution in [0, 0.1) is 0 Å². The number of fused-ring (bicyclic) bond motifs is 1. The van der Waals surface area contributed by atoms with Gasteiger partial charge in [0.15, 0.2) is 11.5 Å². The van der Waals surface area contributed by atoms with E-state index in [1.807, 2.05) is 16.6 Å². The van der Waals surface area contributed by atoms with Gasteiger partial charge in [0.2, 0.25) is 0 Å². The Kier molecular flexibility index (Phi) is 3.80. The van der Waals surface area contributed by atoms with E-state index in [9.17, 15) is 0 Å². The van der Waals surface area contributed by atoms with E-state index >= 15 is 0 Å². The molecule has 2 aromatic heterocycles. The first-order valence-corrected chi connectivity index (χ1v) is 8.49. The van der Waals surface area contributed by atoms with Crippen molar-refractivity contribution in [2.75, 3.05) is 36.0 Å². The van der Waals surface area contributed by atoms with Crippen LogP contribution in [0.2, 0.25) is 0 Å². The number of anilines is 2. The fourth-order valence-electron chi connectivity index (χ4n) is 3.16. The fraction of sp³-hybridized carbons (Fsp3) is 0.389. The molecule has 6 nitrogen and oxygen atoms in total. The first-order chi connectivity index (χ1) is 11.7. The number of hydrogen-bond donors (Lipinski definition) is 0. The van der Waals surface area contributed by atoms with Crippen LogP contribution in [0.25, 0.3) is 5.65 Å². The smallest absolute Gasteiger partial charge is 0.178 e. The predicted molar refractivity (Wildman–Crippen MR) is 95.7 cm³/mol. The van der Waals surface area contributed by atoms with E-state index in [0.29, 0.717) is 5.92 Å². The number of piperazine rings is 1. The highest BCUT2D eigenvalue weighted by Crippen LogP contribution is 2.20. The minimum atomic E-state index is 0.303. The van der Waals surface area contributed by atoms with Crippen LogP contribution < -0.4 is 9.80 Å². The first kappa shape index (κ1) is 14.9. The second-order valence-corrected chi connectivity index (χ2v) is 6.48. The van der Waals surface area contributed by atoms with Gasteiger partial charge in [0.05, 0.1) is 0 Å². The molecule has 3 aromatic rings. The molecule has 1 aliphatic heterocycles. The molecule has 0 amide bonds. The Morgan fingerprint density at radius 3 is 2.25 bits per heavy atom. The standard InChI is InChI=1S/C18H22N6/c1-14(2)18-20-19-16-8-9-17(21-24(16)18)23-12-10-22(11-13-23)15-6-4-3-5-7-15/h3-9,14H,10-13H2,1-2H3. The summed E-state index contributed by atoms with van der Waals surface area (Å²) in [6, 6.07) is 14.6. The largest absolute Gasteiger partial charge is 0.368 e. The van der Waals surface area contributed by atoms with Gasteiger partial charge in [-0.1, -0.05) is 32.0 Å². The average molecular weight is 322 g/mol. The molecule has 6 heteroatoms. The summed E-state index contributed by atoms with van der Waals surface area (Å²) in [5.74, 6) is 2.21. The first-order valence-electron chi connectivity index (χ1n) is 8.49. The molecule has 0 radical (unpaired) electrons. The maximum atomic E-state index is 4.78. The van der Waals surface area contributed by atoms with Gasteiger partial charge >= 0.3 is 0 Å². The molecule has 124 valence electrons. The van der Waals surface area contributed by atoms with Crippen LogP contribution in [-0.4, -0.2) is 46.0 Å². The monoisotopic (exact) mass is 322 g/mol. The molecule has 0 saturated carbocycles. The predicted octanol–water partition coefficient (Wildman–Crippen LogP) is 2.57. The molecule has 1 saturated heterocycles. The summed E-state index contributed by atoms with van der Waals surface area (Å²) in [5, 5.41) is 13.2. The Bertz CT molecular complexity index is 818. The third-order valence-corrected chi connectivity index (χ3v) is 4.51. The van der Waals surface area contributed by atoms with Gasteiger partial charge in [-0.15, -0.1) is 15.3 Å². The van der Waals surface area contributed by atoms with Crippen molar-refractivity contribution in [2.24, 2.45) is 0 Å². The lowest BCUT2D eigenvalue weighted by Crippen LogP contribution is -2.47. The van der Waals surface area contributed by atoms with Gasteiger partial charge in [-0.05, 0) is 24.3 Å². The lowest BCUT2D eigenvalue weighted by Gasteiger charge is -2.36. The summed E-state index contributed by atoms with van der Waals surface area (Å²) >= 11 is 0. The van der Waals surface area contributed by atoms with Gasteiger partial charge in [0, 0.05) is 37.8 Å². The molecule has 3 heterocycles. The Balaban J connectivity index is 1.53. The maximum absolute atomic E-state index is 4.78. The highest BCUT2D eigenvalue weighted by molar-refractivity contribution is 5.50. The maximum Gasteiger partial charge on any atom is 0.178 e. The van der Waals surface area contributed by atoms with Crippen molar-refractivity contribution in [1.29, 1.82) is 0 Å². The topological polar surface area (TPSA) is 49.6 Å². The van der Waals surface area contributed by atoms with Gasteiger partial charge in [0.1, 0.15) is 5.82 Å². The summed E-state index contributed by atoms with van der Waals surface area (Å²) in [7, 11) is 0. The van der Waals surface area contributed by atoms with Gasteiger partial charge in [0.25, 0.3) is 0 Å². The summed E-state index contributed by atoms with van der Waals surface area (Å²) in [4.78, 5) is 4.76. The Morgan fingerprint density at radius 1 is 0.833 bits per heavy atom. The van der Waals surface area contributed by atoms with Crippen molar-refractivity contribution in [2.45, 2.75) is 19.8 Å². The van der Waals surface area contributed by atoms with E-state index in [1.54, 1.807) is 0 Å². The minimum Gasteiger partial charge on any atom is -0.368 e. The van der Waals surface area contributed by atoms with Crippen molar-refractivity contribution < 1.29 is 0 Å². The molecular weight excluding hydrogens is 300 g/mol. The zero-order valence-corrected chi connectivity index (χ0v) is 14.1. The SMILES string of the molecule is CC(C)c1nnc2ccc(N3CCN(c4ccccc4)CC3)nn12. The van der Waals surface area contributed by atoms with Crippen molar-refractivity contribution in [1.82, 2.24) is 19.8 Å². The number of rotatable bonds is 3. The summed E-state index contributed by atoms with van der Waals surface area (Å²) in [6.45, 7) is 8.16. The van der Waals surface area contributed by atoms with Crippen LogP contribution in [0.1, 0.15) is 25.6 Å². The molecule has 1 aliphatic rings. The van der Waals surface area contributed by atoms with Crippen LogP contribution in [0.5, 0.6) is 0 Å². The van der Waals surface area contributed by atoms with Crippen LogP contribution >= 0.6 is 0 Å². The van der Waals surface area contributed by atoms with Crippen molar-refractivity contribution >= 4 is 17.2 Å². The number of hydrogen-bond acceptors (Lipinski definition) is 5. The third kappa shape index (κ3) is 2.68. The van der Waals surface area contributed by atoms with E-state index in [0.717, 1.165) is 43.5 Å². The molecule has 1 aromatic carbocycles. The zero-order chi connectivity index (χ0) is 16.5. The second kappa shape index (κ2) is 6.11. The highest BCUT2D eigenvalue weighted by atomic mass is 15.4. The molecule has 0 N–H and O–H groups in total. The Hall–Kier alpha value is -2.63. The summed E-state index contributed by atoms with van der Waals surface area (Å²) in [6.07, 6.45) is 0. The number of para-hydroxylation sites is 1. The molecule has 0 unspecified atom stereocenters.